The second-order valence-corrected chi connectivity index (χ2v) is 4.97. The zero-order chi connectivity index (χ0) is 17.7. The second-order valence-electron chi connectivity index (χ2n) is 4.56. The van der Waals surface area contributed by atoms with Gasteiger partial charge in [-0.05, 0) is 6.07 Å². The van der Waals surface area contributed by atoms with Gasteiger partial charge in [-0.2, -0.15) is 13.2 Å². The van der Waals surface area contributed by atoms with Gasteiger partial charge in [-0.1, -0.05) is 11.6 Å². The summed E-state index contributed by atoms with van der Waals surface area (Å²) in [6.07, 6.45) is -4.94. The fourth-order valence-electron chi connectivity index (χ4n) is 1.97. The highest BCUT2D eigenvalue weighted by Gasteiger charge is 2.35. The molecule has 0 saturated heterocycles. The van der Waals surface area contributed by atoms with E-state index >= 15 is 0 Å². The Hall–Kier alpha value is -2.49. The Labute approximate surface area is 130 Å². The first kappa shape index (κ1) is 16.9. The van der Waals surface area contributed by atoms with Crippen molar-refractivity contribution in [3.05, 3.63) is 49.5 Å². The summed E-state index contributed by atoms with van der Waals surface area (Å²) in [4.78, 5) is 24.0. The minimum Gasteiger partial charge on any atom is -0.396 e. The molecular weight excluding hydrogens is 344 g/mol. The van der Waals surface area contributed by atoms with Crippen LogP contribution in [0.5, 0.6) is 0 Å². The molecule has 0 aliphatic heterocycles. The zero-order valence-corrected chi connectivity index (χ0v) is 12.2. The lowest BCUT2D eigenvalue weighted by Gasteiger charge is -2.16. The highest BCUT2D eigenvalue weighted by molar-refractivity contribution is 6.33. The first-order chi connectivity index (χ1) is 10.5. The van der Waals surface area contributed by atoms with Crippen LogP contribution in [0.1, 0.15) is 5.69 Å². The molecule has 23 heavy (non-hydrogen) atoms. The summed E-state index contributed by atoms with van der Waals surface area (Å²) in [5.41, 5.74) is 5.12. The van der Waals surface area contributed by atoms with E-state index in [1.165, 1.54) is 0 Å². The Morgan fingerprint density at radius 3 is 2.22 bits per heavy atom. The van der Waals surface area contributed by atoms with Gasteiger partial charge < -0.3 is 11.5 Å². The molecule has 0 aliphatic carbocycles. The van der Waals surface area contributed by atoms with Gasteiger partial charge >= 0.3 is 11.9 Å². The molecule has 0 amide bonds. The van der Waals surface area contributed by atoms with Crippen LogP contribution in [0.15, 0.2) is 21.7 Å². The molecule has 0 radical (unpaired) electrons. The van der Waals surface area contributed by atoms with Gasteiger partial charge in [-0.25, -0.2) is 13.8 Å². The highest BCUT2D eigenvalue weighted by atomic mass is 35.5. The van der Waals surface area contributed by atoms with E-state index in [1.54, 1.807) is 0 Å². The zero-order valence-electron chi connectivity index (χ0n) is 11.4. The molecule has 2 aromatic rings. The minimum absolute atomic E-state index is 0.158. The number of halogens is 5. The lowest BCUT2D eigenvalue weighted by atomic mass is 10.2. The number of alkyl halides is 3. The number of nitrogens with two attached hydrogens (primary N) is 2. The summed E-state index contributed by atoms with van der Waals surface area (Å²) in [7, 11) is 0.786. The number of rotatable bonds is 1. The van der Waals surface area contributed by atoms with Crippen LogP contribution in [0.4, 0.5) is 28.9 Å². The molecule has 0 saturated carbocycles. The summed E-state index contributed by atoms with van der Waals surface area (Å²) in [6.45, 7) is 0. The van der Waals surface area contributed by atoms with Crippen LogP contribution in [-0.4, -0.2) is 9.13 Å². The quantitative estimate of drug-likeness (QED) is 0.600. The third-order valence-corrected chi connectivity index (χ3v) is 3.43. The lowest BCUT2D eigenvalue weighted by Crippen LogP contribution is -2.41. The second kappa shape index (κ2) is 5.30. The van der Waals surface area contributed by atoms with E-state index in [0.717, 1.165) is 7.05 Å². The van der Waals surface area contributed by atoms with E-state index in [1.807, 2.05) is 0 Å². The molecule has 1 aromatic carbocycles. The Kier molecular flexibility index (Phi) is 3.89. The van der Waals surface area contributed by atoms with Crippen LogP contribution in [-0.2, 0) is 13.2 Å². The van der Waals surface area contributed by atoms with Gasteiger partial charge in [0, 0.05) is 13.1 Å². The van der Waals surface area contributed by atoms with E-state index in [9.17, 15) is 27.2 Å². The summed E-state index contributed by atoms with van der Waals surface area (Å²) in [5.74, 6) is -1.18. The molecule has 11 heteroatoms. The van der Waals surface area contributed by atoms with E-state index < -0.39 is 40.3 Å². The van der Waals surface area contributed by atoms with Crippen molar-refractivity contribution in [2.24, 2.45) is 7.05 Å². The van der Waals surface area contributed by atoms with Gasteiger partial charge in [0.25, 0.3) is 5.56 Å². The van der Waals surface area contributed by atoms with Crippen molar-refractivity contribution in [1.82, 2.24) is 9.13 Å². The molecule has 1 heterocycles. The molecule has 0 fully saturated rings. The van der Waals surface area contributed by atoms with E-state index in [4.69, 9.17) is 23.1 Å². The molecule has 124 valence electrons. The number of aromatic nitrogens is 2. The lowest BCUT2D eigenvalue weighted by molar-refractivity contribution is -0.144. The molecule has 0 aliphatic rings. The van der Waals surface area contributed by atoms with Crippen molar-refractivity contribution in [2.45, 2.75) is 6.18 Å². The first-order valence-electron chi connectivity index (χ1n) is 5.90. The van der Waals surface area contributed by atoms with Gasteiger partial charge in [-0.3, -0.25) is 9.36 Å². The summed E-state index contributed by atoms with van der Waals surface area (Å²) >= 11 is 5.61. The molecule has 0 bridgehead atoms. The maximum atomic E-state index is 14.1. The average Bonchev–Trinajstić information content (AvgIpc) is 2.42. The van der Waals surface area contributed by atoms with Gasteiger partial charge in [0.1, 0.15) is 11.4 Å². The largest absolute Gasteiger partial charge is 0.431 e. The smallest absolute Gasteiger partial charge is 0.396 e. The Morgan fingerprint density at radius 2 is 1.70 bits per heavy atom. The standard InChI is InChI=1S/C12H9ClF4N4O2/c1-20-6(12(15,16)17)3-7(22)21(11(20)23)10-5(14)2-4(13)8(18)9(10)19/h2-3H,18-19H2,1H3. The Balaban J connectivity index is 2.94. The third kappa shape index (κ3) is 2.65. The van der Waals surface area contributed by atoms with E-state index in [0.29, 0.717) is 6.07 Å². The number of benzene rings is 1. The normalized spacial score (nSPS) is 11.7. The number of hydrogen-bond acceptors (Lipinski definition) is 4. The molecule has 1 aromatic heterocycles. The molecule has 0 spiro atoms. The summed E-state index contributed by atoms with van der Waals surface area (Å²) < 4.78 is 52.7. The van der Waals surface area contributed by atoms with E-state index in [-0.39, 0.29) is 25.9 Å². The van der Waals surface area contributed by atoms with Crippen molar-refractivity contribution in [1.29, 1.82) is 0 Å². The SMILES string of the molecule is Cn1c(C(F)(F)F)cc(=O)n(-c2c(F)cc(Cl)c(N)c2N)c1=O. The fourth-order valence-corrected chi connectivity index (χ4v) is 2.17. The maximum absolute atomic E-state index is 14.1. The summed E-state index contributed by atoms with van der Waals surface area (Å²) in [5, 5.41) is -0.263. The molecule has 0 unspecified atom stereocenters. The number of nitrogen functional groups attached to an aromatic ring is 2. The monoisotopic (exact) mass is 352 g/mol. The average molecular weight is 353 g/mol. The van der Waals surface area contributed by atoms with Gasteiger partial charge in [0.2, 0.25) is 0 Å². The summed E-state index contributed by atoms with van der Waals surface area (Å²) in [6, 6.07) is 0.858. The number of nitrogens with zero attached hydrogens (tertiary/aromatic N) is 2. The minimum atomic E-state index is -4.94. The molecule has 6 nitrogen and oxygen atoms in total. The van der Waals surface area contributed by atoms with E-state index in [2.05, 4.69) is 0 Å². The van der Waals surface area contributed by atoms with Crippen LogP contribution in [0.2, 0.25) is 5.02 Å². The van der Waals surface area contributed by atoms with Crippen molar-refractivity contribution in [3.63, 3.8) is 0 Å². The van der Waals surface area contributed by atoms with Crippen molar-refractivity contribution in [2.75, 3.05) is 11.5 Å². The Bertz CT molecular complexity index is 917. The van der Waals surface area contributed by atoms with Crippen molar-refractivity contribution in [3.8, 4) is 5.69 Å². The topological polar surface area (TPSA) is 96.0 Å². The highest BCUT2D eigenvalue weighted by Crippen LogP contribution is 2.32. The van der Waals surface area contributed by atoms with Crippen LogP contribution in [0.3, 0.4) is 0 Å². The fraction of sp³-hybridized carbons (Fsp3) is 0.167. The predicted octanol–water partition coefficient (Wildman–Crippen LogP) is 1.51. The third-order valence-electron chi connectivity index (χ3n) is 3.12. The number of hydrogen-bond donors (Lipinski definition) is 2. The van der Waals surface area contributed by atoms with Crippen LogP contribution >= 0.6 is 11.6 Å². The molecule has 4 N–H and O–H groups in total. The molecule has 0 atom stereocenters. The van der Waals surface area contributed by atoms with Crippen LogP contribution in [0, 0.1) is 5.82 Å². The van der Waals surface area contributed by atoms with Crippen molar-refractivity contribution < 1.29 is 17.6 Å². The number of anilines is 2. The van der Waals surface area contributed by atoms with Crippen LogP contribution < -0.4 is 22.7 Å². The molecular formula is C12H9ClF4N4O2. The van der Waals surface area contributed by atoms with Gasteiger partial charge in [0.15, 0.2) is 5.82 Å². The Morgan fingerprint density at radius 1 is 1.13 bits per heavy atom. The van der Waals surface area contributed by atoms with Gasteiger partial charge in [0.05, 0.1) is 16.4 Å². The van der Waals surface area contributed by atoms with Gasteiger partial charge in [-0.15, -0.1) is 0 Å². The molecule has 2 rings (SSSR count). The van der Waals surface area contributed by atoms with Crippen LogP contribution in [0.25, 0.3) is 5.69 Å². The predicted molar refractivity (Wildman–Crippen MR) is 76.1 cm³/mol. The first-order valence-corrected chi connectivity index (χ1v) is 6.28. The maximum Gasteiger partial charge on any atom is 0.431 e. The van der Waals surface area contributed by atoms with Crippen molar-refractivity contribution >= 4 is 23.0 Å².